The van der Waals surface area contributed by atoms with E-state index in [1.807, 2.05) is 0 Å². The molecule has 3 nitrogen and oxygen atoms in total. The van der Waals surface area contributed by atoms with E-state index in [1.165, 1.54) is 83.1 Å². The molecule has 0 aromatic heterocycles. The van der Waals surface area contributed by atoms with Crippen LogP contribution in [0.3, 0.4) is 0 Å². The van der Waals surface area contributed by atoms with Crippen molar-refractivity contribution >= 4 is 5.97 Å². The molecule has 0 fully saturated rings. The zero-order valence-electron chi connectivity index (χ0n) is 14.9. The molecule has 0 aromatic carbocycles. The first-order valence-corrected chi connectivity index (χ1v) is 9.35. The number of aliphatic carboxylic acids is 1. The Kier molecular flexibility index (Phi) is 15.6. The third-order valence-corrected chi connectivity index (χ3v) is 4.03. The molecule has 0 saturated heterocycles. The van der Waals surface area contributed by atoms with Gasteiger partial charge < -0.3 is 10.0 Å². The monoisotopic (exact) mass is 311 g/mol. The number of unbranched alkanes of at least 4 members (excludes halogenated alkanes) is 10. The smallest absolute Gasteiger partial charge is 0.329 e. The molecule has 0 aliphatic carbocycles. The summed E-state index contributed by atoms with van der Waals surface area (Å²) in [4.78, 5) is 12.9. The predicted molar refractivity (Wildman–Crippen MR) is 95.1 cm³/mol. The van der Waals surface area contributed by atoms with Crippen molar-refractivity contribution in [1.82, 2.24) is 4.90 Å². The van der Waals surface area contributed by atoms with Crippen LogP contribution in [-0.2, 0) is 4.79 Å². The fourth-order valence-electron chi connectivity index (χ4n) is 2.62. The first-order valence-electron chi connectivity index (χ1n) is 9.35. The zero-order valence-corrected chi connectivity index (χ0v) is 14.9. The first kappa shape index (κ1) is 21.0. The summed E-state index contributed by atoms with van der Waals surface area (Å²) >= 11 is 0. The molecule has 0 bridgehead atoms. The van der Waals surface area contributed by atoms with Gasteiger partial charge in [-0.3, -0.25) is 0 Å². The van der Waals surface area contributed by atoms with E-state index in [1.54, 1.807) is 6.20 Å². The second kappa shape index (κ2) is 16.4. The molecule has 1 N–H and O–H groups in total. The summed E-state index contributed by atoms with van der Waals surface area (Å²) in [6.07, 6.45) is 18.4. The van der Waals surface area contributed by atoms with Gasteiger partial charge in [-0.05, 0) is 12.8 Å². The van der Waals surface area contributed by atoms with E-state index < -0.39 is 5.97 Å². The van der Waals surface area contributed by atoms with Crippen LogP contribution in [0.4, 0.5) is 0 Å². The van der Waals surface area contributed by atoms with Crippen molar-refractivity contribution in [3.8, 4) is 0 Å². The maximum absolute atomic E-state index is 10.7. The molecule has 0 heterocycles. The molecule has 0 aromatic rings. The molecule has 0 spiro atoms. The van der Waals surface area contributed by atoms with Gasteiger partial charge in [-0.15, -0.1) is 0 Å². The molecule has 0 saturated carbocycles. The van der Waals surface area contributed by atoms with Crippen LogP contribution >= 0.6 is 0 Å². The molecule has 0 atom stereocenters. The highest BCUT2D eigenvalue weighted by atomic mass is 16.4. The zero-order chi connectivity index (χ0) is 16.5. The molecule has 0 unspecified atom stereocenters. The number of carbonyl (C=O) groups is 1. The van der Waals surface area contributed by atoms with Crippen molar-refractivity contribution in [2.45, 2.75) is 90.9 Å². The summed E-state index contributed by atoms with van der Waals surface area (Å²) in [6.45, 7) is 6.45. The van der Waals surface area contributed by atoms with Crippen LogP contribution in [0.1, 0.15) is 90.9 Å². The Morgan fingerprint density at radius 3 is 1.59 bits per heavy atom. The predicted octanol–water partition coefficient (Wildman–Crippen LogP) is 5.61. The topological polar surface area (TPSA) is 40.5 Å². The number of carboxylic acids is 1. The quantitative estimate of drug-likeness (QED) is 0.297. The third kappa shape index (κ3) is 15.4. The Balaban J connectivity index is 3.82. The number of hydrogen-bond donors (Lipinski definition) is 1. The van der Waals surface area contributed by atoms with E-state index in [0.29, 0.717) is 0 Å². The van der Waals surface area contributed by atoms with Crippen molar-refractivity contribution in [2.24, 2.45) is 0 Å². The highest BCUT2D eigenvalue weighted by Crippen LogP contribution is 2.09. The minimum atomic E-state index is -0.851. The lowest BCUT2D eigenvalue weighted by molar-refractivity contribution is -0.131. The maximum atomic E-state index is 10.7. The van der Waals surface area contributed by atoms with Gasteiger partial charge in [-0.1, -0.05) is 78.1 Å². The number of carboxylic acid groups (broad SMARTS) is 1. The molecule has 3 heteroatoms. The van der Waals surface area contributed by atoms with Gasteiger partial charge in [0.25, 0.3) is 0 Å². The van der Waals surface area contributed by atoms with E-state index in [4.69, 9.17) is 5.11 Å². The Morgan fingerprint density at radius 2 is 1.18 bits per heavy atom. The third-order valence-electron chi connectivity index (χ3n) is 4.03. The fraction of sp³-hybridized carbons (Fsp3) is 0.842. The summed E-state index contributed by atoms with van der Waals surface area (Å²) in [5.74, 6) is -0.851. The Hall–Kier alpha value is -0.990. The summed E-state index contributed by atoms with van der Waals surface area (Å²) < 4.78 is 0. The van der Waals surface area contributed by atoms with Crippen LogP contribution in [0.5, 0.6) is 0 Å². The highest BCUT2D eigenvalue weighted by Gasteiger charge is 2.01. The molecule has 130 valence electrons. The molecule has 0 aliphatic rings. The Morgan fingerprint density at radius 1 is 0.773 bits per heavy atom. The SMILES string of the molecule is CCCCCCCCN(C=CC(=O)O)CCCCCCCC. The Bertz CT molecular complexity index is 261. The van der Waals surface area contributed by atoms with Gasteiger partial charge >= 0.3 is 5.97 Å². The van der Waals surface area contributed by atoms with Gasteiger partial charge in [0, 0.05) is 25.4 Å². The average Bonchev–Trinajstić information content (AvgIpc) is 2.50. The standard InChI is InChI=1S/C19H37NO2/c1-3-5-7-9-11-13-16-20(18-15-19(21)22)17-14-12-10-8-6-4-2/h15,18H,3-14,16-17H2,1-2H3,(H,21,22). The minimum Gasteiger partial charge on any atom is -0.478 e. The normalized spacial score (nSPS) is 11.2. The minimum absolute atomic E-state index is 0.851. The van der Waals surface area contributed by atoms with Gasteiger partial charge in [0.2, 0.25) is 0 Å². The first-order chi connectivity index (χ1) is 10.7. The molecular formula is C19H37NO2. The van der Waals surface area contributed by atoms with Crippen LogP contribution < -0.4 is 0 Å². The Labute approximate surface area is 137 Å². The van der Waals surface area contributed by atoms with Gasteiger partial charge in [0.1, 0.15) is 0 Å². The number of rotatable bonds is 16. The van der Waals surface area contributed by atoms with Crippen molar-refractivity contribution in [3.63, 3.8) is 0 Å². The average molecular weight is 312 g/mol. The second-order valence-corrected chi connectivity index (χ2v) is 6.23. The van der Waals surface area contributed by atoms with Crippen LogP contribution in [0.25, 0.3) is 0 Å². The lowest BCUT2D eigenvalue weighted by Gasteiger charge is -2.20. The lowest BCUT2D eigenvalue weighted by atomic mass is 10.1. The van der Waals surface area contributed by atoms with Gasteiger partial charge in [0.15, 0.2) is 0 Å². The number of hydrogen-bond acceptors (Lipinski definition) is 2. The van der Waals surface area contributed by atoms with Crippen LogP contribution in [-0.4, -0.2) is 29.1 Å². The van der Waals surface area contributed by atoms with E-state index in [-0.39, 0.29) is 0 Å². The van der Waals surface area contributed by atoms with Crippen molar-refractivity contribution in [2.75, 3.05) is 13.1 Å². The molecule has 0 radical (unpaired) electrons. The molecule has 0 rings (SSSR count). The van der Waals surface area contributed by atoms with Gasteiger partial charge in [-0.2, -0.15) is 0 Å². The maximum Gasteiger partial charge on any atom is 0.329 e. The largest absolute Gasteiger partial charge is 0.478 e. The van der Waals surface area contributed by atoms with Gasteiger partial charge in [0.05, 0.1) is 0 Å². The van der Waals surface area contributed by atoms with Crippen molar-refractivity contribution in [3.05, 3.63) is 12.3 Å². The van der Waals surface area contributed by atoms with Crippen molar-refractivity contribution < 1.29 is 9.90 Å². The van der Waals surface area contributed by atoms with Crippen LogP contribution in [0.2, 0.25) is 0 Å². The van der Waals surface area contributed by atoms with Gasteiger partial charge in [-0.25, -0.2) is 4.79 Å². The second-order valence-electron chi connectivity index (χ2n) is 6.23. The summed E-state index contributed by atoms with van der Waals surface area (Å²) in [7, 11) is 0. The number of nitrogens with zero attached hydrogens (tertiary/aromatic N) is 1. The summed E-state index contributed by atoms with van der Waals surface area (Å²) in [5, 5.41) is 8.79. The van der Waals surface area contributed by atoms with Crippen molar-refractivity contribution in [1.29, 1.82) is 0 Å². The fourth-order valence-corrected chi connectivity index (χ4v) is 2.62. The summed E-state index contributed by atoms with van der Waals surface area (Å²) in [6, 6.07) is 0. The van der Waals surface area contributed by atoms with E-state index in [0.717, 1.165) is 13.1 Å². The van der Waals surface area contributed by atoms with E-state index >= 15 is 0 Å². The molecule has 0 aliphatic heterocycles. The molecular weight excluding hydrogens is 274 g/mol. The lowest BCUT2D eigenvalue weighted by Crippen LogP contribution is -2.20. The highest BCUT2D eigenvalue weighted by molar-refractivity contribution is 5.79. The van der Waals surface area contributed by atoms with Crippen LogP contribution in [0, 0.1) is 0 Å². The van der Waals surface area contributed by atoms with Crippen LogP contribution in [0.15, 0.2) is 12.3 Å². The summed E-state index contributed by atoms with van der Waals surface area (Å²) in [5.41, 5.74) is 0. The van der Waals surface area contributed by atoms with E-state index in [9.17, 15) is 4.79 Å². The molecule has 22 heavy (non-hydrogen) atoms. The van der Waals surface area contributed by atoms with E-state index in [2.05, 4.69) is 18.7 Å². The molecule has 0 amide bonds.